The summed E-state index contributed by atoms with van der Waals surface area (Å²) in [7, 11) is 0. The van der Waals surface area contributed by atoms with Crippen molar-refractivity contribution in [3.05, 3.63) is 12.4 Å². The standard InChI is InChI=1S/C10H12N2S/c1-2-3-8-13-10-11-6-7-12(10)9-4-5-9/h6-7,9H,4-5,8H2,1H3. The van der Waals surface area contributed by atoms with Crippen molar-refractivity contribution < 1.29 is 0 Å². The fourth-order valence-electron chi connectivity index (χ4n) is 1.21. The van der Waals surface area contributed by atoms with Gasteiger partial charge in [-0.2, -0.15) is 0 Å². The van der Waals surface area contributed by atoms with Crippen LogP contribution in [0.5, 0.6) is 0 Å². The molecule has 1 saturated carbocycles. The van der Waals surface area contributed by atoms with E-state index in [4.69, 9.17) is 0 Å². The van der Waals surface area contributed by atoms with Crippen LogP contribution in [0.1, 0.15) is 25.8 Å². The zero-order chi connectivity index (χ0) is 9.10. The van der Waals surface area contributed by atoms with Crippen molar-refractivity contribution in [3.8, 4) is 11.8 Å². The van der Waals surface area contributed by atoms with Gasteiger partial charge in [0.1, 0.15) is 0 Å². The molecular formula is C10H12N2S. The van der Waals surface area contributed by atoms with Crippen LogP contribution in [0.25, 0.3) is 0 Å². The van der Waals surface area contributed by atoms with E-state index in [1.165, 1.54) is 12.8 Å². The zero-order valence-electron chi connectivity index (χ0n) is 7.66. The van der Waals surface area contributed by atoms with Crippen LogP contribution in [0.2, 0.25) is 0 Å². The number of imidazole rings is 1. The van der Waals surface area contributed by atoms with E-state index in [9.17, 15) is 0 Å². The Hall–Kier alpha value is -0.880. The smallest absolute Gasteiger partial charge is 0.169 e. The van der Waals surface area contributed by atoms with Crippen molar-refractivity contribution in [3.63, 3.8) is 0 Å². The molecule has 1 aliphatic rings. The van der Waals surface area contributed by atoms with Crippen LogP contribution in [0, 0.1) is 11.8 Å². The second-order valence-corrected chi connectivity index (χ2v) is 4.01. The Balaban J connectivity index is 2.00. The summed E-state index contributed by atoms with van der Waals surface area (Å²) in [5.41, 5.74) is 0. The summed E-state index contributed by atoms with van der Waals surface area (Å²) < 4.78 is 2.27. The lowest BCUT2D eigenvalue weighted by Crippen LogP contribution is -1.94. The second-order valence-electron chi connectivity index (χ2n) is 3.06. The van der Waals surface area contributed by atoms with Crippen LogP contribution in [0.15, 0.2) is 17.6 Å². The van der Waals surface area contributed by atoms with Gasteiger partial charge in [-0.15, -0.1) is 5.92 Å². The molecule has 3 heteroatoms. The van der Waals surface area contributed by atoms with Gasteiger partial charge in [-0.25, -0.2) is 4.98 Å². The van der Waals surface area contributed by atoms with Crippen molar-refractivity contribution in [2.45, 2.75) is 31.0 Å². The molecule has 0 aliphatic heterocycles. The third-order valence-electron chi connectivity index (χ3n) is 2.02. The van der Waals surface area contributed by atoms with Gasteiger partial charge in [0.2, 0.25) is 0 Å². The van der Waals surface area contributed by atoms with Gasteiger partial charge in [0.25, 0.3) is 0 Å². The maximum atomic E-state index is 4.31. The topological polar surface area (TPSA) is 17.8 Å². The molecule has 1 aromatic rings. The van der Waals surface area contributed by atoms with E-state index in [0.29, 0.717) is 0 Å². The fourth-order valence-corrected chi connectivity index (χ4v) is 2.05. The molecular weight excluding hydrogens is 180 g/mol. The molecule has 68 valence electrons. The number of hydrogen-bond acceptors (Lipinski definition) is 2. The van der Waals surface area contributed by atoms with Gasteiger partial charge in [-0.05, 0) is 19.8 Å². The third kappa shape index (κ3) is 2.07. The molecule has 0 radical (unpaired) electrons. The first-order chi connectivity index (χ1) is 6.42. The summed E-state index contributed by atoms with van der Waals surface area (Å²) >= 11 is 1.72. The lowest BCUT2D eigenvalue weighted by molar-refractivity contribution is 0.663. The quantitative estimate of drug-likeness (QED) is 0.540. The molecule has 1 aliphatic carbocycles. The Labute approximate surface area is 82.7 Å². The average molecular weight is 192 g/mol. The van der Waals surface area contributed by atoms with Crippen LogP contribution in [-0.4, -0.2) is 15.3 Å². The maximum Gasteiger partial charge on any atom is 0.169 e. The van der Waals surface area contributed by atoms with E-state index >= 15 is 0 Å². The Morgan fingerprint density at radius 2 is 2.54 bits per heavy atom. The van der Waals surface area contributed by atoms with E-state index in [1.807, 2.05) is 13.1 Å². The summed E-state index contributed by atoms with van der Waals surface area (Å²) in [6.45, 7) is 1.87. The van der Waals surface area contributed by atoms with Crippen molar-refractivity contribution in [2.75, 3.05) is 5.75 Å². The SMILES string of the molecule is CC#CCSc1nccn1C1CC1. The lowest BCUT2D eigenvalue weighted by Gasteiger charge is -2.02. The molecule has 0 aromatic carbocycles. The first-order valence-electron chi connectivity index (χ1n) is 4.47. The van der Waals surface area contributed by atoms with E-state index in [0.717, 1.165) is 17.0 Å². The van der Waals surface area contributed by atoms with Crippen LogP contribution in [0.4, 0.5) is 0 Å². The molecule has 0 saturated heterocycles. The summed E-state index contributed by atoms with van der Waals surface area (Å²) in [4.78, 5) is 4.31. The molecule has 0 N–H and O–H groups in total. The molecule has 0 spiro atoms. The minimum atomic E-state index is 0.722. The Morgan fingerprint density at radius 3 is 3.23 bits per heavy atom. The molecule has 1 heterocycles. The van der Waals surface area contributed by atoms with E-state index in [-0.39, 0.29) is 0 Å². The van der Waals surface area contributed by atoms with Crippen LogP contribution >= 0.6 is 11.8 Å². The van der Waals surface area contributed by atoms with Crippen LogP contribution in [-0.2, 0) is 0 Å². The van der Waals surface area contributed by atoms with Crippen molar-refractivity contribution in [2.24, 2.45) is 0 Å². The van der Waals surface area contributed by atoms with Gasteiger partial charge in [0.15, 0.2) is 5.16 Å². The predicted octanol–water partition coefficient (Wildman–Crippen LogP) is 2.33. The Kier molecular flexibility index (Phi) is 2.60. The minimum absolute atomic E-state index is 0.722. The largest absolute Gasteiger partial charge is 0.323 e. The fraction of sp³-hybridized carbons (Fsp3) is 0.500. The highest BCUT2D eigenvalue weighted by Crippen LogP contribution is 2.37. The number of hydrogen-bond donors (Lipinski definition) is 0. The van der Waals surface area contributed by atoms with E-state index in [2.05, 4.69) is 27.6 Å². The first kappa shape index (κ1) is 8.71. The number of aromatic nitrogens is 2. The molecule has 13 heavy (non-hydrogen) atoms. The lowest BCUT2D eigenvalue weighted by atomic mass is 10.7. The normalized spacial score (nSPS) is 15.2. The molecule has 2 nitrogen and oxygen atoms in total. The molecule has 0 atom stereocenters. The van der Waals surface area contributed by atoms with Gasteiger partial charge in [-0.3, -0.25) is 0 Å². The third-order valence-corrected chi connectivity index (χ3v) is 2.89. The Bertz CT molecular complexity index is 341. The molecule has 1 fully saturated rings. The highest BCUT2D eigenvalue weighted by molar-refractivity contribution is 7.99. The molecule has 1 aromatic heterocycles. The van der Waals surface area contributed by atoms with Gasteiger partial charge in [0.05, 0.1) is 5.75 Å². The van der Waals surface area contributed by atoms with Gasteiger partial charge >= 0.3 is 0 Å². The highest BCUT2D eigenvalue weighted by atomic mass is 32.2. The number of nitrogens with zero attached hydrogens (tertiary/aromatic N) is 2. The van der Waals surface area contributed by atoms with Crippen LogP contribution in [0.3, 0.4) is 0 Å². The van der Waals surface area contributed by atoms with E-state index < -0.39 is 0 Å². The predicted molar refractivity (Wildman–Crippen MR) is 54.7 cm³/mol. The molecule has 0 unspecified atom stereocenters. The summed E-state index contributed by atoms with van der Waals surface area (Å²) in [5, 5.41) is 1.12. The summed E-state index contributed by atoms with van der Waals surface area (Å²) in [6, 6.07) is 0.722. The second kappa shape index (κ2) is 3.89. The molecule has 2 rings (SSSR count). The first-order valence-corrected chi connectivity index (χ1v) is 5.45. The zero-order valence-corrected chi connectivity index (χ0v) is 8.47. The van der Waals surface area contributed by atoms with Crippen molar-refractivity contribution >= 4 is 11.8 Å². The Morgan fingerprint density at radius 1 is 1.69 bits per heavy atom. The summed E-state index contributed by atoms with van der Waals surface area (Å²) in [6.07, 6.45) is 6.56. The number of thioether (sulfide) groups is 1. The average Bonchev–Trinajstić information content (AvgIpc) is 2.88. The molecule has 0 amide bonds. The minimum Gasteiger partial charge on any atom is -0.323 e. The van der Waals surface area contributed by atoms with Crippen LogP contribution < -0.4 is 0 Å². The van der Waals surface area contributed by atoms with Gasteiger partial charge < -0.3 is 4.57 Å². The van der Waals surface area contributed by atoms with Crippen molar-refractivity contribution in [1.82, 2.24) is 9.55 Å². The monoisotopic (exact) mass is 192 g/mol. The van der Waals surface area contributed by atoms with Gasteiger partial charge in [0, 0.05) is 18.4 Å². The molecule has 0 bridgehead atoms. The number of rotatable bonds is 3. The highest BCUT2D eigenvalue weighted by Gasteiger charge is 2.25. The van der Waals surface area contributed by atoms with Gasteiger partial charge in [-0.1, -0.05) is 17.7 Å². The van der Waals surface area contributed by atoms with Crippen molar-refractivity contribution in [1.29, 1.82) is 0 Å². The van der Waals surface area contributed by atoms with E-state index in [1.54, 1.807) is 11.8 Å². The summed E-state index contributed by atoms with van der Waals surface area (Å²) in [5.74, 6) is 6.77. The maximum absolute atomic E-state index is 4.31.